The van der Waals surface area contributed by atoms with Gasteiger partial charge < -0.3 is 5.11 Å². The number of aliphatic hydroxyl groups is 1. The molecule has 0 bridgehead atoms. The molecule has 0 amide bonds. The number of nitrogens with zero attached hydrogens (tertiary/aromatic N) is 1. The molecule has 14 heavy (non-hydrogen) atoms. The zero-order valence-corrected chi connectivity index (χ0v) is 8.65. The molecule has 0 fully saturated rings. The molecule has 0 saturated heterocycles. The van der Waals surface area contributed by atoms with Crippen molar-refractivity contribution >= 4 is 0 Å². The van der Waals surface area contributed by atoms with Crippen LogP contribution in [0.25, 0.3) is 0 Å². The second-order valence-electron chi connectivity index (χ2n) is 3.60. The van der Waals surface area contributed by atoms with Gasteiger partial charge >= 0.3 is 0 Å². The van der Waals surface area contributed by atoms with Crippen molar-refractivity contribution in [3.05, 3.63) is 30.1 Å². The summed E-state index contributed by atoms with van der Waals surface area (Å²) < 4.78 is 0. The van der Waals surface area contributed by atoms with E-state index >= 15 is 0 Å². The lowest BCUT2D eigenvalue weighted by Crippen LogP contribution is -1.87. The minimum atomic E-state index is 0.338. The molecule has 1 heterocycles. The number of pyridine rings is 1. The highest BCUT2D eigenvalue weighted by molar-refractivity contribution is 5.09. The minimum absolute atomic E-state index is 0.338. The quantitative estimate of drug-likeness (QED) is 0.675. The zero-order valence-electron chi connectivity index (χ0n) is 8.65. The van der Waals surface area contributed by atoms with Gasteiger partial charge in [-0.25, -0.2) is 0 Å². The molecule has 78 valence electrons. The molecule has 1 N–H and O–H groups in total. The Morgan fingerprint density at radius 3 is 2.29 bits per heavy atom. The molecule has 0 aliphatic carbocycles. The van der Waals surface area contributed by atoms with Gasteiger partial charge in [0.2, 0.25) is 0 Å². The van der Waals surface area contributed by atoms with E-state index in [1.807, 2.05) is 12.4 Å². The lowest BCUT2D eigenvalue weighted by atomic mass is 10.1. The molecule has 0 saturated carbocycles. The Kier molecular flexibility index (Phi) is 6.00. The van der Waals surface area contributed by atoms with Crippen molar-refractivity contribution < 1.29 is 5.11 Å². The van der Waals surface area contributed by atoms with Crippen molar-refractivity contribution in [2.45, 2.75) is 38.5 Å². The lowest BCUT2D eigenvalue weighted by molar-refractivity contribution is 0.282. The molecule has 1 aromatic rings. The molecule has 2 nitrogen and oxygen atoms in total. The summed E-state index contributed by atoms with van der Waals surface area (Å²) in [7, 11) is 0. The van der Waals surface area contributed by atoms with Crippen LogP contribution < -0.4 is 0 Å². The third-order valence-corrected chi connectivity index (χ3v) is 2.37. The Hall–Kier alpha value is -0.890. The number of unbranched alkanes of at least 4 members (excludes halogenated alkanes) is 4. The molecule has 0 radical (unpaired) electrons. The summed E-state index contributed by atoms with van der Waals surface area (Å²) in [5, 5.41) is 8.59. The lowest BCUT2D eigenvalue weighted by Gasteiger charge is -2.00. The predicted molar refractivity (Wildman–Crippen MR) is 58.1 cm³/mol. The fourth-order valence-electron chi connectivity index (χ4n) is 1.52. The van der Waals surface area contributed by atoms with Crippen molar-refractivity contribution in [1.82, 2.24) is 4.98 Å². The van der Waals surface area contributed by atoms with Gasteiger partial charge in [0.05, 0.1) is 0 Å². The van der Waals surface area contributed by atoms with E-state index in [0.29, 0.717) is 6.61 Å². The van der Waals surface area contributed by atoms with Crippen LogP contribution in [0.2, 0.25) is 0 Å². The highest BCUT2D eigenvalue weighted by atomic mass is 16.2. The molecule has 0 aliphatic rings. The van der Waals surface area contributed by atoms with Crippen LogP contribution >= 0.6 is 0 Å². The molecule has 0 spiro atoms. The first-order valence-corrected chi connectivity index (χ1v) is 5.43. The number of aryl methyl sites for hydroxylation is 1. The summed E-state index contributed by atoms with van der Waals surface area (Å²) in [6.45, 7) is 0.338. The highest BCUT2D eigenvalue weighted by Crippen LogP contribution is 2.07. The van der Waals surface area contributed by atoms with Gasteiger partial charge in [-0.05, 0) is 37.0 Å². The van der Waals surface area contributed by atoms with Crippen molar-refractivity contribution in [2.24, 2.45) is 0 Å². The monoisotopic (exact) mass is 193 g/mol. The minimum Gasteiger partial charge on any atom is -0.396 e. The summed E-state index contributed by atoms with van der Waals surface area (Å²) in [4.78, 5) is 3.99. The average Bonchev–Trinajstić information content (AvgIpc) is 2.25. The molecule has 0 atom stereocenters. The van der Waals surface area contributed by atoms with E-state index in [-0.39, 0.29) is 0 Å². The fourth-order valence-corrected chi connectivity index (χ4v) is 1.52. The molecule has 2 heteroatoms. The summed E-state index contributed by atoms with van der Waals surface area (Å²) >= 11 is 0. The maximum absolute atomic E-state index is 8.59. The van der Waals surface area contributed by atoms with Crippen LogP contribution in [-0.4, -0.2) is 16.7 Å². The molecular formula is C12H19NO. The van der Waals surface area contributed by atoms with Gasteiger partial charge in [0.25, 0.3) is 0 Å². The van der Waals surface area contributed by atoms with E-state index in [9.17, 15) is 0 Å². The van der Waals surface area contributed by atoms with E-state index < -0.39 is 0 Å². The van der Waals surface area contributed by atoms with E-state index in [2.05, 4.69) is 17.1 Å². The SMILES string of the molecule is OCCCCCCCc1ccncc1. The van der Waals surface area contributed by atoms with Crippen LogP contribution in [0.15, 0.2) is 24.5 Å². The van der Waals surface area contributed by atoms with Crippen LogP contribution in [0.3, 0.4) is 0 Å². The van der Waals surface area contributed by atoms with Crippen LogP contribution in [0.1, 0.15) is 37.7 Å². The third-order valence-electron chi connectivity index (χ3n) is 2.37. The molecule has 0 unspecified atom stereocenters. The number of aromatic nitrogens is 1. The molecule has 1 rings (SSSR count). The Morgan fingerprint density at radius 2 is 1.57 bits per heavy atom. The Bertz CT molecular complexity index is 223. The summed E-state index contributed by atoms with van der Waals surface area (Å²) in [6, 6.07) is 4.15. The second-order valence-corrected chi connectivity index (χ2v) is 3.60. The zero-order chi connectivity index (χ0) is 10.1. The largest absolute Gasteiger partial charge is 0.396 e. The maximum Gasteiger partial charge on any atom is 0.0431 e. The van der Waals surface area contributed by atoms with E-state index in [4.69, 9.17) is 5.11 Å². The predicted octanol–water partition coefficient (Wildman–Crippen LogP) is 2.57. The molecule has 0 aliphatic heterocycles. The number of aliphatic hydroxyl groups excluding tert-OH is 1. The van der Waals surface area contributed by atoms with E-state index in [1.54, 1.807) is 0 Å². The Labute approximate surface area is 86.0 Å². The van der Waals surface area contributed by atoms with Gasteiger partial charge in [-0.2, -0.15) is 0 Å². The van der Waals surface area contributed by atoms with Crippen LogP contribution in [0.4, 0.5) is 0 Å². The van der Waals surface area contributed by atoms with Gasteiger partial charge in [-0.1, -0.05) is 19.3 Å². The topological polar surface area (TPSA) is 33.1 Å². The number of rotatable bonds is 7. The number of hydrogen-bond donors (Lipinski definition) is 1. The van der Waals surface area contributed by atoms with Crippen molar-refractivity contribution in [3.8, 4) is 0 Å². The van der Waals surface area contributed by atoms with Gasteiger partial charge in [-0.15, -0.1) is 0 Å². The first-order chi connectivity index (χ1) is 6.93. The smallest absolute Gasteiger partial charge is 0.0431 e. The average molecular weight is 193 g/mol. The van der Waals surface area contributed by atoms with Crippen LogP contribution in [0.5, 0.6) is 0 Å². The van der Waals surface area contributed by atoms with Crippen molar-refractivity contribution in [3.63, 3.8) is 0 Å². The molecule has 1 aromatic heterocycles. The van der Waals surface area contributed by atoms with Gasteiger partial charge in [0.15, 0.2) is 0 Å². The number of hydrogen-bond acceptors (Lipinski definition) is 2. The van der Waals surface area contributed by atoms with Crippen molar-refractivity contribution in [2.75, 3.05) is 6.61 Å². The molecular weight excluding hydrogens is 174 g/mol. The first-order valence-electron chi connectivity index (χ1n) is 5.43. The second kappa shape index (κ2) is 7.51. The summed E-state index contributed by atoms with van der Waals surface area (Å²) in [5.74, 6) is 0. The standard InChI is InChI=1S/C12H19NO/c14-11-5-3-1-2-4-6-12-7-9-13-10-8-12/h7-10,14H,1-6,11H2. The van der Waals surface area contributed by atoms with Gasteiger partial charge in [-0.3, -0.25) is 4.98 Å². The normalized spacial score (nSPS) is 10.4. The van der Waals surface area contributed by atoms with Crippen LogP contribution in [0, 0.1) is 0 Å². The fraction of sp³-hybridized carbons (Fsp3) is 0.583. The molecule has 0 aromatic carbocycles. The highest BCUT2D eigenvalue weighted by Gasteiger charge is 1.92. The maximum atomic E-state index is 8.59. The Morgan fingerprint density at radius 1 is 0.929 bits per heavy atom. The summed E-state index contributed by atoms with van der Waals surface area (Å²) in [5.41, 5.74) is 1.38. The van der Waals surface area contributed by atoms with E-state index in [0.717, 1.165) is 19.3 Å². The van der Waals surface area contributed by atoms with Crippen molar-refractivity contribution in [1.29, 1.82) is 0 Å². The van der Waals surface area contributed by atoms with Crippen LogP contribution in [-0.2, 0) is 6.42 Å². The van der Waals surface area contributed by atoms with E-state index in [1.165, 1.54) is 24.8 Å². The summed E-state index contributed by atoms with van der Waals surface area (Å²) in [6.07, 6.45) is 10.7. The Balaban J connectivity index is 1.99. The van der Waals surface area contributed by atoms with Gasteiger partial charge in [0.1, 0.15) is 0 Å². The first kappa shape index (κ1) is 11.2. The van der Waals surface area contributed by atoms with Gasteiger partial charge in [0, 0.05) is 19.0 Å². The third kappa shape index (κ3) is 4.97.